The second-order valence-electron chi connectivity index (χ2n) is 14.9. The number of ether oxygens (including phenoxy) is 2. The molecule has 0 aliphatic rings. The Morgan fingerprint density at radius 2 is 1.57 bits per heavy atom. The van der Waals surface area contributed by atoms with Gasteiger partial charge in [0.25, 0.3) is 11.8 Å². The van der Waals surface area contributed by atoms with Crippen LogP contribution in [0.2, 0.25) is 18.1 Å². The number of nitrogens with one attached hydrogen (secondary N) is 2. The van der Waals surface area contributed by atoms with Gasteiger partial charge >= 0.3 is 12.1 Å². The van der Waals surface area contributed by atoms with Crippen molar-refractivity contribution in [3.63, 3.8) is 0 Å². The van der Waals surface area contributed by atoms with Gasteiger partial charge in [0.2, 0.25) is 8.32 Å². The molecule has 4 aromatic rings. The molecule has 0 saturated carbocycles. The maximum Gasteiger partial charge on any atom is 0.437 e. The highest BCUT2D eigenvalue weighted by Gasteiger charge is 2.39. The summed E-state index contributed by atoms with van der Waals surface area (Å²) in [5.41, 5.74) is 3.14. The van der Waals surface area contributed by atoms with Gasteiger partial charge in [0.1, 0.15) is 28.1 Å². The predicted octanol–water partition coefficient (Wildman–Crippen LogP) is 7.09. The lowest BCUT2D eigenvalue weighted by molar-refractivity contribution is -0.136. The van der Waals surface area contributed by atoms with E-state index in [1.807, 2.05) is 24.3 Å². The Kier molecular flexibility index (Phi) is 11.2. The molecule has 1 aromatic heterocycles. The molecule has 270 valence electrons. The Balaban J connectivity index is 1.49. The summed E-state index contributed by atoms with van der Waals surface area (Å²) >= 11 is 0. The van der Waals surface area contributed by atoms with Crippen molar-refractivity contribution in [2.45, 2.75) is 85.7 Å². The number of rotatable bonds is 9. The molecule has 0 fully saturated rings. The number of amides is 2. The topological polar surface area (TPSA) is 151 Å². The van der Waals surface area contributed by atoms with Crippen LogP contribution in [-0.4, -0.2) is 59.9 Å². The van der Waals surface area contributed by atoms with Crippen LogP contribution in [0.1, 0.15) is 84.5 Å². The number of benzene rings is 3. The van der Waals surface area contributed by atoms with E-state index in [1.54, 1.807) is 65.0 Å². The van der Waals surface area contributed by atoms with Crippen molar-refractivity contribution in [2.75, 3.05) is 7.11 Å². The van der Waals surface area contributed by atoms with Crippen LogP contribution in [0.3, 0.4) is 0 Å². The van der Waals surface area contributed by atoms with Crippen LogP contribution in [0, 0.1) is 13.8 Å². The average molecular weight is 714 g/mol. The van der Waals surface area contributed by atoms with E-state index >= 15 is 0 Å². The number of hydrogen-bond donors (Lipinski definition) is 2. The number of nitrogens with zero attached hydrogens (tertiary/aromatic N) is 3. The first-order valence-corrected chi connectivity index (χ1v) is 19.5. The third-order valence-electron chi connectivity index (χ3n) is 8.55. The van der Waals surface area contributed by atoms with E-state index in [0.717, 1.165) is 16.0 Å². The van der Waals surface area contributed by atoms with Crippen molar-refractivity contribution in [1.82, 2.24) is 25.6 Å². The van der Waals surface area contributed by atoms with Crippen LogP contribution < -0.4 is 15.1 Å². The van der Waals surface area contributed by atoms with Crippen LogP contribution in [0.25, 0.3) is 17.1 Å². The van der Waals surface area contributed by atoms with Crippen molar-refractivity contribution in [1.29, 1.82) is 0 Å². The van der Waals surface area contributed by atoms with Crippen molar-refractivity contribution < 1.29 is 33.1 Å². The quantitative estimate of drug-likeness (QED) is 0.105. The zero-order chi connectivity index (χ0) is 37.9. The summed E-state index contributed by atoms with van der Waals surface area (Å²) in [7, 11) is -0.812. The molecule has 1 heterocycles. The zero-order valence-corrected chi connectivity index (χ0v) is 32.2. The highest BCUT2D eigenvalue weighted by Crippen LogP contribution is 2.37. The molecular weight excluding hydrogens is 667 g/mol. The maximum absolute atomic E-state index is 13.6. The zero-order valence-electron chi connectivity index (χ0n) is 31.2. The van der Waals surface area contributed by atoms with Gasteiger partial charge in [0.15, 0.2) is 0 Å². The molecule has 51 heavy (non-hydrogen) atoms. The van der Waals surface area contributed by atoms with Gasteiger partial charge < -0.3 is 24.5 Å². The summed E-state index contributed by atoms with van der Waals surface area (Å²) in [5, 5.41) is 13.6. The molecule has 13 heteroatoms. The van der Waals surface area contributed by atoms with Crippen molar-refractivity contribution in [2.24, 2.45) is 0 Å². The first-order chi connectivity index (χ1) is 23.7. The van der Waals surface area contributed by atoms with Gasteiger partial charge in [0, 0.05) is 17.7 Å². The third-order valence-corrected chi connectivity index (χ3v) is 12.9. The lowest BCUT2D eigenvalue weighted by atomic mass is 9.98. The van der Waals surface area contributed by atoms with Gasteiger partial charge in [-0.25, -0.2) is 9.59 Å². The molecule has 4 rings (SSSR count). The van der Waals surface area contributed by atoms with E-state index in [0.29, 0.717) is 45.4 Å². The average Bonchev–Trinajstić information content (AvgIpc) is 3.45. The Bertz CT molecular complexity index is 2000. The number of methoxy groups -OCH3 is 1. The standard InChI is InChI=1S/C38H47N5O7Si/c1-23-17-27(33(44)39-22-26-13-12-14-28(19-26)50-51(10,11)38(6,7)8)18-24(2)32(23)34(45)40-30(35(46)48-9)21-25-15-16-31-29(20-25)41-42-43(31)36(47)49-37(3,4)5/h12-21H,22H2,1-11H3,(H,39,44)(H,40,45)/b30-21-. The Labute approximate surface area is 299 Å². The Morgan fingerprint density at radius 3 is 2.18 bits per heavy atom. The van der Waals surface area contributed by atoms with Gasteiger partial charge in [-0.15, -0.1) is 9.78 Å². The highest BCUT2D eigenvalue weighted by molar-refractivity contribution is 6.74. The monoisotopic (exact) mass is 713 g/mol. The third kappa shape index (κ3) is 9.48. The van der Waals surface area contributed by atoms with Crippen molar-refractivity contribution in [3.8, 4) is 5.75 Å². The Hall–Kier alpha value is -5.30. The maximum atomic E-state index is 13.6. The van der Waals surface area contributed by atoms with E-state index in [1.165, 1.54) is 13.2 Å². The van der Waals surface area contributed by atoms with E-state index in [4.69, 9.17) is 13.9 Å². The molecule has 12 nitrogen and oxygen atoms in total. The summed E-state index contributed by atoms with van der Waals surface area (Å²) in [5.74, 6) is -0.838. The van der Waals surface area contributed by atoms with Crippen LogP contribution >= 0.6 is 0 Å². The van der Waals surface area contributed by atoms with Gasteiger partial charge in [-0.1, -0.05) is 44.2 Å². The lowest BCUT2D eigenvalue weighted by Crippen LogP contribution is -2.43. The number of hydrogen-bond acceptors (Lipinski definition) is 9. The van der Waals surface area contributed by atoms with E-state index in [2.05, 4.69) is 54.8 Å². The molecule has 3 aromatic carbocycles. The summed E-state index contributed by atoms with van der Waals surface area (Å²) < 4.78 is 17.8. The van der Waals surface area contributed by atoms with Gasteiger partial charge in [-0.2, -0.15) is 0 Å². The molecule has 0 bridgehead atoms. The molecule has 0 saturated heterocycles. The molecule has 0 atom stereocenters. The van der Waals surface area contributed by atoms with Gasteiger partial charge in [-0.3, -0.25) is 9.59 Å². The SMILES string of the molecule is COC(=O)/C(=C/c1ccc2c(c1)nnn2C(=O)OC(C)(C)C)NC(=O)c1c(C)cc(C(=O)NCc2cccc(O[Si](C)(C)C(C)(C)C)c2)cc1C. The summed E-state index contributed by atoms with van der Waals surface area (Å²) in [4.78, 5) is 52.1. The van der Waals surface area contributed by atoms with E-state index < -0.39 is 31.9 Å². The predicted molar refractivity (Wildman–Crippen MR) is 198 cm³/mol. The Morgan fingerprint density at radius 1 is 0.902 bits per heavy atom. The smallest absolute Gasteiger partial charge is 0.437 e. The van der Waals surface area contributed by atoms with E-state index in [-0.39, 0.29) is 16.6 Å². The largest absolute Gasteiger partial charge is 0.543 e. The normalized spacial score (nSPS) is 12.3. The van der Waals surface area contributed by atoms with Crippen LogP contribution in [0.4, 0.5) is 4.79 Å². The summed E-state index contributed by atoms with van der Waals surface area (Å²) in [6.45, 7) is 19.9. The molecule has 2 N–H and O–H groups in total. The number of esters is 1. The second-order valence-corrected chi connectivity index (χ2v) is 19.6. The van der Waals surface area contributed by atoms with Gasteiger partial charge in [-0.05, 0) is 117 Å². The minimum atomic E-state index is -2.02. The number of aromatic nitrogens is 3. The van der Waals surface area contributed by atoms with Gasteiger partial charge in [0.05, 0.1) is 7.11 Å². The number of fused-ring (bicyclic) bond motifs is 1. The fraction of sp³-hybridized carbons (Fsp3) is 0.368. The lowest BCUT2D eigenvalue weighted by Gasteiger charge is -2.36. The number of aryl methyl sites for hydroxylation is 2. The first-order valence-electron chi connectivity index (χ1n) is 16.6. The molecule has 0 aliphatic carbocycles. The molecule has 0 spiro atoms. The van der Waals surface area contributed by atoms with Crippen LogP contribution in [0.5, 0.6) is 5.75 Å². The number of carbonyl (C=O) groups excluding carboxylic acids is 4. The molecule has 0 aliphatic heterocycles. The minimum Gasteiger partial charge on any atom is -0.543 e. The fourth-order valence-corrected chi connectivity index (χ4v) is 6.00. The summed E-state index contributed by atoms with van der Waals surface area (Å²) in [6.07, 6.45) is 0.761. The molecule has 0 radical (unpaired) electrons. The minimum absolute atomic E-state index is 0.0529. The number of carbonyl (C=O) groups is 4. The van der Waals surface area contributed by atoms with Crippen LogP contribution in [-0.2, 0) is 20.8 Å². The summed E-state index contributed by atoms with van der Waals surface area (Å²) in [6, 6.07) is 15.9. The fourth-order valence-electron chi connectivity index (χ4n) is 4.98. The highest BCUT2D eigenvalue weighted by atomic mass is 28.4. The molecule has 2 amide bonds. The molecular formula is C38H47N5O7Si. The molecule has 0 unspecified atom stereocenters. The first kappa shape index (κ1) is 38.5. The van der Waals surface area contributed by atoms with E-state index in [9.17, 15) is 19.2 Å². The second kappa shape index (κ2) is 14.9. The van der Waals surface area contributed by atoms with Crippen molar-refractivity contribution in [3.05, 3.63) is 93.7 Å². The van der Waals surface area contributed by atoms with Crippen molar-refractivity contribution >= 4 is 49.3 Å². The van der Waals surface area contributed by atoms with Crippen LogP contribution in [0.15, 0.2) is 60.3 Å².